The van der Waals surface area contributed by atoms with Crippen LogP contribution in [-0.2, 0) is 22.1 Å². The van der Waals surface area contributed by atoms with Crippen molar-refractivity contribution in [1.29, 1.82) is 0 Å². The number of aromatic nitrogens is 1. The molecule has 0 aromatic carbocycles. The van der Waals surface area contributed by atoms with Crippen molar-refractivity contribution in [3.63, 3.8) is 0 Å². The molecule has 20 heavy (non-hydrogen) atoms. The minimum atomic E-state index is -4.90. The molecule has 0 saturated heterocycles. The van der Waals surface area contributed by atoms with Gasteiger partial charge in [-0.1, -0.05) is 0 Å². The smallest absolute Gasteiger partial charge is 0.420 e. The number of alkyl halides is 5. The second-order valence-electron chi connectivity index (χ2n) is 3.74. The fourth-order valence-corrected chi connectivity index (χ4v) is 1.56. The van der Waals surface area contributed by atoms with Crippen LogP contribution in [0.2, 0.25) is 0 Å². The molecular weight excluding hydrogens is 287 g/mol. The minimum absolute atomic E-state index is 0.0514. The first-order valence-electron chi connectivity index (χ1n) is 5.47. The number of nitrogens with zero attached hydrogens (tertiary/aromatic N) is 1. The normalized spacial score (nSPS) is 11.8. The number of pyridine rings is 1. The van der Waals surface area contributed by atoms with Crippen LogP contribution in [-0.4, -0.2) is 17.6 Å². The average Bonchev–Trinajstić information content (AvgIpc) is 2.26. The highest BCUT2D eigenvalue weighted by molar-refractivity contribution is 5.73. The van der Waals surface area contributed by atoms with Gasteiger partial charge in [-0.3, -0.25) is 9.78 Å². The number of anilines is 1. The number of carbonyl (C=O) groups is 1. The molecule has 0 bridgehead atoms. The molecule has 9 heteroatoms. The lowest BCUT2D eigenvalue weighted by Gasteiger charge is -2.15. The van der Waals surface area contributed by atoms with Gasteiger partial charge in [0.05, 0.1) is 18.7 Å². The summed E-state index contributed by atoms with van der Waals surface area (Å²) >= 11 is 0. The number of nitrogens with two attached hydrogens (primary N) is 1. The Morgan fingerprint density at radius 1 is 1.45 bits per heavy atom. The van der Waals surface area contributed by atoms with Crippen molar-refractivity contribution in [2.75, 3.05) is 12.3 Å². The van der Waals surface area contributed by atoms with E-state index in [2.05, 4.69) is 9.72 Å². The molecule has 0 aliphatic rings. The van der Waals surface area contributed by atoms with E-state index in [9.17, 15) is 26.7 Å². The number of hydrogen-bond acceptors (Lipinski definition) is 4. The van der Waals surface area contributed by atoms with Crippen LogP contribution in [0.1, 0.15) is 30.3 Å². The highest BCUT2D eigenvalue weighted by Crippen LogP contribution is 2.37. The molecule has 4 nitrogen and oxygen atoms in total. The molecule has 1 aromatic rings. The van der Waals surface area contributed by atoms with Crippen molar-refractivity contribution in [1.82, 2.24) is 4.98 Å². The summed E-state index contributed by atoms with van der Waals surface area (Å²) in [5, 5.41) is 0. The van der Waals surface area contributed by atoms with Gasteiger partial charge in [0, 0.05) is 5.69 Å². The van der Waals surface area contributed by atoms with Crippen LogP contribution < -0.4 is 5.73 Å². The van der Waals surface area contributed by atoms with E-state index >= 15 is 0 Å². The van der Waals surface area contributed by atoms with Crippen LogP contribution in [0.3, 0.4) is 0 Å². The Balaban J connectivity index is 3.32. The summed E-state index contributed by atoms with van der Waals surface area (Å²) in [6.45, 7) is 1.41. The van der Waals surface area contributed by atoms with Gasteiger partial charge < -0.3 is 10.5 Å². The fourth-order valence-electron chi connectivity index (χ4n) is 1.56. The second-order valence-corrected chi connectivity index (χ2v) is 3.74. The van der Waals surface area contributed by atoms with E-state index in [1.807, 2.05) is 0 Å². The molecule has 0 aliphatic heterocycles. The SMILES string of the molecule is CCOC(=O)Cc1nc(C(F)F)cc(N)c1C(F)(F)F. The topological polar surface area (TPSA) is 65.2 Å². The minimum Gasteiger partial charge on any atom is -0.466 e. The van der Waals surface area contributed by atoms with E-state index in [1.54, 1.807) is 0 Å². The van der Waals surface area contributed by atoms with Crippen LogP contribution in [0.15, 0.2) is 6.07 Å². The quantitative estimate of drug-likeness (QED) is 0.685. The number of hydrogen-bond donors (Lipinski definition) is 1. The lowest BCUT2D eigenvalue weighted by Crippen LogP contribution is -2.19. The molecule has 1 aromatic heterocycles. The van der Waals surface area contributed by atoms with Crippen molar-refractivity contribution in [3.05, 3.63) is 23.0 Å². The lowest BCUT2D eigenvalue weighted by atomic mass is 10.1. The van der Waals surface area contributed by atoms with Gasteiger partial charge in [0.25, 0.3) is 6.43 Å². The van der Waals surface area contributed by atoms with Gasteiger partial charge in [-0.05, 0) is 13.0 Å². The van der Waals surface area contributed by atoms with E-state index in [0.717, 1.165) is 0 Å². The van der Waals surface area contributed by atoms with E-state index in [-0.39, 0.29) is 6.61 Å². The van der Waals surface area contributed by atoms with E-state index < -0.39 is 47.6 Å². The van der Waals surface area contributed by atoms with Gasteiger partial charge >= 0.3 is 12.1 Å². The predicted octanol–water partition coefficient (Wildman–Crippen LogP) is 2.73. The van der Waals surface area contributed by atoms with Crippen LogP contribution in [0.4, 0.5) is 27.6 Å². The summed E-state index contributed by atoms with van der Waals surface area (Å²) in [6, 6.07) is 0.447. The number of carbonyl (C=O) groups excluding carboxylic acids is 1. The monoisotopic (exact) mass is 298 g/mol. The number of ether oxygens (including phenoxy) is 1. The zero-order valence-electron chi connectivity index (χ0n) is 10.3. The van der Waals surface area contributed by atoms with Crippen LogP contribution in [0.5, 0.6) is 0 Å². The van der Waals surface area contributed by atoms with Crippen molar-refractivity contribution in [3.8, 4) is 0 Å². The third-order valence-electron chi connectivity index (χ3n) is 2.27. The van der Waals surface area contributed by atoms with Gasteiger partial charge in [-0.2, -0.15) is 13.2 Å². The van der Waals surface area contributed by atoms with Crippen molar-refractivity contribution in [2.24, 2.45) is 0 Å². The van der Waals surface area contributed by atoms with Crippen molar-refractivity contribution in [2.45, 2.75) is 25.9 Å². The molecule has 1 rings (SSSR count). The third kappa shape index (κ3) is 3.78. The summed E-state index contributed by atoms with van der Waals surface area (Å²) in [5.41, 5.74) is 1.07. The maximum absolute atomic E-state index is 12.8. The van der Waals surface area contributed by atoms with E-state index in [4.69, 9.17) is 5.73 Å². The van der Waals surface area contributed by atoms with Gasteiger partial charge in [0.2, 0.25) is 0 Å². The largest absolute Gasteiger partial charge is 0.466 e. The Bertz CT molecular complexity index is 502. The maximum Gasteiger partial charge on any atom is 0.420 e. The molecule has 0 unspecified atom stereocenters. The highest BCUT2D eigenvalue weighted by Gasteiger charge is 2.38. The Morgan fingerprint density at radius 3 is 2.50 bits per heavy atom. The van der Waals surface area contributed by atoms with Crippen molar-refractivity contribution >= 4 is 11.7 Å². The number of esters is 1. The van der Waals surface area contributed by atoms with Gasteiger partial charge in [-0.25, -0.2) is 8.78 Å². The highest BCUT2D eigenvalue weighted by atomic mass is 19.4. The fraction of sp³-hybridized carbons (Fsp3) is 0.455. The molecular formula is C11H11F5N2O2. The zero-order chi connectivity index (χ0) is 15.5. The van der Waals surface area contributed by atoms with Crippen LogP contribution in [0, 0.1) is 0 Å². The van der Waals surface area contributed by atoms with E-state index in [1.165, 1.54) is 6.92 Å². The maximum atomic E-state index is 12.8. The molecule has 0 aliphatic carbocycles. The first kappa shape index (κ1) is 16.1. The first-order valence-corrected chi connectivity index (χ1v) is 5.47. The molecule has 2 N–H and O–H groups in total. The Kier molecular flexibility index (Phi) is 4.85. The predicted molar refractivity (Wildman–Crippen MR) is 58.9 cm³/mol. The molecule has 0 saturated carbocycles. The number of rotatable bonds is 4. The molecule has 0 fully saturated rings. The molecule has 1 heterocycles. The summed E-state index contributed by atoms with van der Waals surface area (Å²) in [7, 11) is 0. The Labute approximate surface area is 110 Å². The van der Waals surface area contributed by atoms with Crippen LogP contribution >= 0.6 is 0 Å². The number of nitrogen functional groups attached to an aromatic ring is 1. The molecule has 0 radical (unpaired) electrons. The Morgan fingerprint density at radius 2 is 2.05 bits per heavy atom. The van der Waals surface area contributed by atoms with Gasteiger partial charge in [-0.15, -0.1) is 0 Å². The second kappa shape index (κ2) is 6.02. The average molecular weight is 298 g/mol. The van der Waals surface area contributed by atoms with Crippen LogP contribution in [0.25, 0.3) is 0 Å². The standard InChI is InChI=1S/C11H11F5N2O2/c1-2-20-8(19)4-6-9(11(14,15)16)5(17)3-7(18-6)10(12)13/h3,10H,2,4H2,1H3,(H2,17,18). The van der Waals surface area contributed by atoms with Crippen molar-refractivity contribution < 1.29 is 31.5 Å². The summed E-state index contributed by atoms with van der Waals surface area (Å²) in [6.07, 6.45) is -8.88. The van der Waals surface area contributed by atoms with Gasteiger partial charge in [0.15, 0.2) is 0 Å². The number of halogens is 5. The molecule has 112 valence electrons. The molecule has 0 atom stereocenters. The third-order valence-corrected chi connectivity index (χ3v) is 2.27. The lowest BCUT2D eigenvalue weighted by molar-refractivity contribution is -0.143. The molecule has 0 amide bonds. The zero-order valence-corrected chi connectivity index (χ0v) is 10.3. The summed E-state index contributed by atoms with van der Waals surface area (Å²) < 4.78 is 68.0. The Hall–Kier alpha value is -1.93. The van der Waals surface area contributed by atoms with Gasteiger partial charge in [0.1, 0.15) is 11.3 Å². The molecule has 0 spiro atoms. The first-order chi connectivity index (χ1) is 9.16. The summed E-state index contributed by atoms with van der Waals surface area (Å²) in [4.78, 5) is 14.4. The summed E-state index contributed by atoms with van der Waals surface area (Å²) in [5.74, 6) is -1.00. The van der Waals surface area contributed by atoms with E-state index in [0.29, 0.717) is 6.07 Å².